The number of Topliss-reactive ketones (excluding diaryl/α,β-unsaturated/α-hetero) is 1. The van der Waals surface area contributed by atoms with Crippen molar-refractivity contribution in [2.75, 3.05) is 37.6 Å². The third kappa shape index (κ3) is 5.44. The van der Waals surface area contributed by atoms with Crippen LogP contribution in [0.2, 0.25) is 0 Å². The predicted molar refractivity (Wildman–Crippen MR) is 116 cm³/mol. The van der Waals surface area contributed by atoms with Crippen LogP contribution in [0.15, 0.2) is 28.9 Å². The van der Waals surface area contributed by atoms with Gasteiger partial charge in [-0.05, 0) is 12.1 Å². The van der Waals surface area contributed by atoms with Crippen LogP contribution in [0.1, 0.15) is 63.4 Å². The highest BCUT2D eigenvalue weighted by Crippen LogP contribution is 2.24. The second-order valence-corrected chi connectivity index (χ2v) is 10.00. The van der Waals surface area contributed by atoms with Crippen LogP contribution in [0.5, 0.6) is 0 Å². The Kier molecular flexibility index (Phi) is 6.13. The zero-order valence-corrected chi connectivity index (χ0v) is 18.7. The van der Waals surface area contributed by atoms with E-state index in [9.17, 15) is 4.79 Å². The van der Waals surface area contributed by atoms with Gasteiger partial charge in [-0.3, -0.25) is 9.69 Å². The van der Waals surface area contributed by atoms with Gasteiger partial charge in [-0.15, -0.1) is 0 Å². The number of pyridine rings is 1. The first kappa shape index (κ1) is 21.5. The molecule has 0 saturated carbocycles. The molecule has 1 fully saturated rings. The van der Waals surface area contributed by atoms with Crippen molar-refractivity contribution in [2.45, 2.75) is 53.4 Å². The fraction of sp³-hybridized carbons (Fsp3) is 0.609. The number of anilines is 1. The van der Waals surface area contributed by atoms with E-state index in [-0.39, 0.29) is 16.6 Å². The smallest absolute Gasteiger partial charge is 0.169 e. The summed E-state index contributed by atoms with van der Waals surface area (Å²) in [5.74, 6) is 2.02. The van der Waals surface area contributed by atoms with Crippen molar-refractivity contribution in [1.82, 2.24) is 15.0 Å². The minimum Gasteiger partial charge on any atom is -0.361 e. The fourth-order valence-corrected chi connectivity index (χ4v) is 3.40. The van der Waals surface area contributed by atoms with Crippen LogP contribution >= 0.6 is 0 Å². The van der Waals surface area contributed by atoms with Crippen LogP contribution in [0.25, 0.3) is 0 Å². The number of ketones is 1. The standard InChI is InChI=1S/C23H34N4O2/c1-22(2,3)19-15-18(25-29-19)9-10-26-11-13-27(14-12-26)20-8-7-17(16-24-20)21(28)23(4,5)6/h7-8,15-16H,9-14H2,1-6H3. The summed E-state index contributed by atoms with van der Waals surface area (Å²) in [5.41, 5.74) is 1.32. The van der Waals surface area contributed by atoms with Crippen molar-refractivity contribution < 1.29 is 9.32 Å². The summed E-state index contributed by atoms with van der Waals surface area (Å²) < 4.78 is 5.48. The van der Waals surface area contributed by atoms with Crippen molar-refractivity contribution in [2.24, 2.45) is 5.41 Å². The lowest BCUT2D eigenvalue weighted by Gasteiger charge is -2.35. The van der Waals surface area contributed by atoms with E-state index in [1.807, 2.05) is 32.9 Å². The molecule has 6 nitrogen and oxygen atoms in total. The van der Waals surface area contributed by atoms with Gasteiger partial charge in [-0.2, -0.15) is 0 Å². The van der Waals surface area contributed by atoms with Crippen LogP contribution in [-0.2, 0) is 11.8 Å². The van der Waals surface area contributed by atoms with E-state index in [4.69, 9.17) is 4.52 Å². The third-order valence-corrected chi connectivity index (χ3v) is 5.37. The number of aromatic nitrogens is 2. The largest absolute Gasteiger partial charge is 0.361 e. The van der Waals surface area contributed by atoms with Crippen LogP contribution < -0.4 is 4.90 Å². The average Bonchev–Trinajstić information content (AvgIpc) is 3.15. The van der Waals surface area contributed by atoms with Gasteiger partial charge in [0.15, 0.2) is 5.78 Å². The molecule has 0 unspecified atom stereocenters. The highest BCUT2D eigenvalue weighted by molar-refractivity contribution is 5.99. The van der Waals surface area contributed by atoms with Crippen LogP contribution in [0, 0.1) is 5.41 Å². The van der Waals surface area contributed by atoms with E-state index >= 15 is 0 Å². The number of hydrogen-bond acceptors (Lipinski definition) is 6. The number of rotatable bonds is 5. The van der Waals surface area contributed by atoms with Crippen molar-refractivity contribution in [3.05, 3.63) is 41.4 Å². The zero-order valence-electron chi connectivity index (χ0n) is 18.7. The van der Waals surface area contributed by atoms with E-state index in [1.54, 1.807) is 6.20 Å². The van der Waals surface area contributed by atoms with Crippen molar-refractivity contribution >= 4 is 11.6 Å². The Labute approximate surface area is 174 Å². The van der Waals surface area contributed by atoms with E-state index < -0.39 is 0 Å². The summed E-state index contributed by atoms with van der Waals surface area (Å²) in [6.45, 7) is 17.1. The average molecular weight is 399 g/mol. The predicted octanol–water partition coefficient (Wildman–Crippen LogP) is 3.96. The minimum absolute atomic E-state index is 0.00306. The van der Waals surface area contributed by atoms with Crippen LogP contribution in [0.3, 0.4) is 0 Å². The molecule has 1 aliphatic heterocycles. The normalized spacial score (nSPS) is 16.3. The van der Waals surface area contributed by atoms with Crippen molar-refractivity contribution in [1.29, 1.82) is 0 Å². The van der Waals surface area contributed by atoms with Gasteiger partial charge in [0.05, 0.1) is 5.69 Å². The quantitative estimate of drug-likeness (QED) is 0.711. The molecule has 1 saturated heterocycles. The van der Waals surface area contributed by atoms with Crippen LogP contribution in [0.4, 0.5) is 5.82 Å². The number of piperazine rings is 1. The zero-order chi connectivity index (χ0) is 21.2. The SMILES string of the molecule is CC(C)(C)C(=O)c1ccc(N2CCN(CCc3cc(C(C)(C)C)on3)CC2)nc1. The molecule has 2 aromatic heterocycles. The second kappa shape index (κ2) is 8.27. The molecule has 0 amide bonds. The molecule has 6 heteroatoms. The number of carbonyl (C=O) groups excluding carboxylic acids is 1. The van der Waals surface area contributed by atoms with Gasteiger partial charge >= 0.3 is 0 Å². The topological polar surface area (TPSA) is 62.5 Å². The first-order chi connectivity index (χ1) is 13.5. The molecule has 0 aromatic carbocycles. The molecule has 0 spiro atoms. The Bertz CT molecular complexity index is 820. The van der Waals surface area contributed by atoms with Gasteiger partial charge in [0, 0.05) is 67.8 Å². The third-order valence-electron chi connectivity index (χ3n) is 5.37. The summed E-state index contributed by atoms with van der Waals surface area (Å²) in [4.78, 5) is 21.7. The molecular formula is C23H34N4O2. The maximum atomic E-state index is 12.4. The molecule has 158 valence electrons. The lowest BCUT2D eigenvalue weighted by atomic mass is 9.87. The first-order valence-corrected chi connectivity index (χ1v) is 10.5. The van der Waals surface area contributed by atoms with Crippen molar-refractivity contribution in [3.63, 3.8) is 0 Å². The monoisotopic (exact) mass is 398 g/mol. The van der Waals surface area contributed by atoms with Gasteiger partial charge in [-0.25, -0.2) is 4.98 Å². The van der Waals surface area contributed by atoms with Gasteiger partial charge in [0.2, 0.25) is 0 Å². The van der Waals surface area contributed by atoms with Crippen molar-refractivity contribution in [3.8, 4) is 0 Å². The first-order valence-electron chi connectivity index (χ1n) is 10.5. The Morgan fingerprint density at radius 2 is 1.76 bits per heavy atom. The lowest BCUT2D eigenvalue weighted by Crippen LogP contribution is -2.47. The molecule has 1 aliphatic rings. The summed E-state index contributed by atoms with van der Waals surface area (Å²) in [6.07, 6.45) is 2.62. The van der Waals surface area contributed by atoms with E-state index in [2.05, 4.69) is 46.8 Å². The minimum atomic E-state index is -0.383. The Balaban J connectivity index is 1.49. The summed E-state index contributed by atoms with van der Waals surface area (Å²) in [6, 6.07) is 5.96. The van der Waals surface area contributed by atoms with Crippen LogP contribution in [-0.4, -0.2) is 53.5 Å². The summed E-state index contributed by atoms with van der Waals surface area (Å²) in [7, 11) is 0. The molecule has 3 rings (SSSR count). The Morgan fingerprint density at radius 1 is 1.07 bits per heavy atom. The highest BCUT2D eigenvalue weighted by Gasteiger charge is 2.24. The van der Waals surface area contributed by atoms with E-state index in [1.165, 1.54) is 0 Å². The molecule has 0 N–H and O–H groups in total. The molecule has 0 atom stereocenters. The number of hydrogen-bond donors (Lipinski definition) is 0. The van der Waals surface area contributed by atoms with Gasteiger partial charge < -0.3 is 9.42 Å². The van der Waals surface area contributed by atoms with E-state index in [0.717, 1.165) is 56.4 Å². The molecule has 0 aliphatic carbocycles. The maximum absolute atomic E-state index is 12.4. The summed E-state index contributed by atoms with van der Waals surface area (Å²) in [5, 5.41) is 4.22. The molecule has 29 heavy (non-hydrogen) atoms. The Hall–Kier alpha value is -2.21. The second-order valence-electron chi connectivity index (χ2n) is 10.00. The molecule has 0 radical (unpaired) electrons. The Morgan fingerprint density at radius 3 is 2.28 bits per heavy atom. The van der Waals surface area contributed by atoms with Gasteiger partial charge in [0.25, 0.3) is 0 Å². The van der Waals surface area contributed by atoms with Gasteiger partial charge in [0.1, 0.15) is 11.6 Å². The molecular weight excluding hydrogens is 364 g/mol. The molecule has 2 aromatic rings. The number of nitrogens with zero attached hydrogens (tertiary/aromatic N) is 4. The summed E-state index contributed by atoms with van der Waals surface area (Å²) >= 11 is 0. The van der Waals surface area contributed by atoms with E-state index in [0.29, 0.717) is 5.56 Å². The van der Waals surface area contributed by atoms with Gasteiger partial charge in [-0.1, -0.05) is 46.7 Å². The number of carbonyl (C=O) groups is 1. The highest BCUT2D eigenvalue weighted by atomic mass is 16.5. The fourth-order valence-electron chi connectivity index (χ4n) is 3.40. The maximum Gasteiger partial charge on any atom is 0.169 e. The molecule has 0 bridgehead atoms. The lowest BCUT2D eigenvalue weighted by molar-refractivity contribution is 0.0858. The molecule has 3 heterocycles.